The van der Waals surface area contributed by atoms with Crippen LogP contribution in [0.1, 0.15) is 40.3 Å². The monoisotopic (exact) mass is 346 g/mol. The van der Waals surface area contributed by atoms with Crippen LogP contribution < -0.4 is 4.74 Å². The second-order valence-electron chi connectivity index (χ2n) is 6.49. The fourth-order valence-corrected chi connectivity index (χ4v) is 4.42. The minimum Gasteiger partial charge on any atom is -0.464 e. The van der Waals surface area contributed by atoms with Crippen molar-refractivity contribution in [1.82, 2.24) is 5.01 Å². The molecule has 0 N–H and O–H groups in total. The summed E-state index contributed by atoms with van der Waals surface area (Å²) in [6.45, 7) is 2.13. The van der Waals surface area contributed by atoms with E-state index in [1.807, 2.05) is 6.07 Å². The topological polar surface area (TPSA) is 24.8 Å². The summed E-state index contributed by atoms with van der Waals surface area (Å²) in [5, 5.41) is 9.25. The van der Waals surface area contributed by atoms with E-state index in [4.69, 9.17) is 9.84 Å². The molecule has 0 unspecified atom stereocenters. The predicted molar refractivity (Wildman–Crippen MR) is 101 cm³/mol. The summed E-state index contributed by atoms with van der Waals surface area (Å²) >= 11 is 1.75. The molecule has 0 radical (unpaired) electrons. The predicted octanol–water partition coefficient (Wildman–Crippen LogP) is 5.30. The molecule has 2 aliphatic heterocycles. The fraction of sp³-hybridized carbons (Fsp3) is 0.190. The molecule has 0 bridgehead atoms. The zero-order chi connectivity index (χ0) is 16.8. The molecule has 0 aliphatic carbocycles. The molecule has 2 atom stereocenters. The summed E-state index contributed by atoms with van der Waals surface area (Å²) in [7, 11) is 0. The Hall–Kier alpha value is -2.59. The molecular formula is C21H18N2OS. The number of fused-ring (bicyclic) bond motifs is 3. The van der Waals surface area contributed by atoms with Crippen molar-refractivity contribution in [1.29, 1.82) is 0 Å². The molecule has 3 aromatic rings. The summed E-state index contributed by atoms with van der Waals surface area (Å²) in [6, 6.07) is 21.2. The van der Waals surface area contributed by atoms with Crippen LogP contribution in [-0.2, 0) is 0 Å². The Labute approximate surface area is 151 Å². The van der Waals surface area contributed by atoms with Gasteiger partial charge in [0.05, 0.1) is 16.6 Å². The van der Waals surface area contributed by atoms with Gasteiger partial charge in [0.25, 0.3) is 0 Å². The molecule has 3 nitrogen and oxygen atoms in total. The number of nitrogens with zero attached hydrogens (tertiary/aromatic N) is 2. The number of hydrogen-bond donors (Lipinski definition) is 0. The number of aryl methyl sites for hydroxylation is 1. The molecule has 0 spiro atoms. The molecule has 5 rings (SSSR count). The van der Waals surface area contributed by atoms with Gasteiger partial charge in [-0.05, 0) is 30.0 Å². The van der Waals surface area contributed by atoms with Crippen molar-refractivity contribution >= 4 is 17.0 Å². The van der Waals surface area contributed by atoms with Gasteiger partial charge in [-0.3, -0.25) is 0 Å². The number of para-hydroxylation sites is 1. The van der Waals surface area contributed by atoms with Crippen LogP contribution in [0.2, 0.25) is 0 Å². The fourth-order valence-electron chi connectivity index (χ4n) is 3.69. The summed E-state index contributed by atoms with van der Waals surface area (Å²) < 4.78 is 6.40. The van der Waals surface area contributed by atoms with Gasteiger partial charge in [0, 0.05) is 17.5 Å². The highest BCUT2D eigenvalue weighted by Gasteiger charge is 2.41. The number of ether oxygens (including phenoxy) is 1. The number of hydrogen-bond acceptors (Lipinski definition) is 4. The molecule has 2 aliphatic rings. The maximum Gasteiger partial charge on any atom is 0.214 e. The average Bonchev–Trinajstić information content (AvgIpc) is 3.31. The van der Waals surface area contributed by atoms with Crippen LogP contribution in [0.25, 0.3) is 0 Å². The van der Waals surface area contributed by atoms with E-state index < -0.39 is 0 Å². The van der Waals surface area contributed by atoms with Gasteiger partial charge in [-0.15, -0.1) is 11.3 Å². The number of thiophene rings is 1. The number of rotatable bonds is 2. The van der Waals surface area contributed by atoms with Crippen molar-refractivity contribution in [3.63, 3.8) is 0 Å². The first kappa shape index (κ1) is 14.7. The van der Waals surface area contributed by atoms with Crippen LogP contribution >= 0.6 is 11.3 Å². The number of hydrazone groups is 1. The molecule has 0 amide bonds. The first-order valence-corrected chi connectivity index (χ1v) is 9.40. The Morgan fingerprint density at radius 2 is 1.80 bits per heavy atom. The molecule has 0 saturated carbocycles. The Morgan fingerprint density at radius 3 is 2.60 bits per heavy atom. The second kappa shape index (κ2) is 5.74. The van der Waals surface area contributed by atoms with Gasteiger partial charge in [-0.2, -0.15) is 5.10 Å². The van der Waals surface area contributed by atoms with E-state index in [9.17, 15) is 0 Å². The van der Waals surface area contributed by atoms with Crippen LogP contribution in [0.15, 0.2) is 71.1 Å². The lowest BCUT2D eigenvalue weighted by molar-refractivity contribution is -0.0194. The third kappa shape index (κ3) is 2.36. The first-order valence-electron chi connectivity index (χ1n) is 8.52. The molecule has 0 fully saturated rings. The van der Waals surface area contributed by atoms with Gasteiger partial charge in [0.2, 0.25) is 6.23 Å². The summed E-state index contributed by atoms with van der Waals surface area (Å²) in [5.41, 5.74) is 4.78. The molecule has 0 saturated heterocycles. The van der Waals surface area contributed by atoms with Crippen molar-refractivity contribution in [3.05, 3.63) is 87.6 Å². The van der Waals surface area contributed by atoms with E-state index in [1.165, 1.54) is 21.6 Å². The molecule has 124 valence electrons. The molecule has 4 heteroatoms. The maximum absolute atomic E-state index is 6.40. The van der Waals surface area contributed by atoms with E-state index in [1.54, 1.807) is 11.3 Å². The molecular weight excluding hydrogens is 328 g/mol. The van der Waals surface area contributed by atoms with Crippen molar-refractivity contribution < 1.29 is 4.74 Å². The highest BCUT2D eigenvalue weighted by atomic mass is 32.1. The third-order valence-corrected chi connectivity index (χ3v) is 5.88. The minimum atomic E-state index is -0.182. The molecule has 3 heterocycles. The van der Waals surface area contributed by atoms with E-state index in [0.717, 1.165) is 17.9 Å². The largest absolute Gasteiger partial charge is 0.464 e. The number of benzene rings is 2. The van der Waals surface area contributed by atoms with Gasteiger partial charge in [-0.25, -0.2) is 5.01 Å². The van der Waals surface area contributed by atoms with Gasteiger partial charge in [0.15, 0.2) is 0 Å². The van der Waals surface area contributed by atoms with Gasteiger partial charge in [0.1, 0.15) is 5.75 Å². The van der Waals surface area contributed by atoms with Gasteiger partial charge in [-0.1, -0.05) is 48.5 Å². The van der Waals surface area contributed by atoms with Crippen molar-refractivity contribution in [3.8, 4) is 5.75 Å². The minimum absolute atomic E-state index is 0.182. The van der Waals surface area contributed by atoms with E-state index >= 15 is 0 Å². The van der Waals surface area contributed by atoms with Gasteiger partial charge < -0.3 is 4.74 Å². The quantitative estimate of drug-likeness (QED) is 0.629. The summed E-state index contributed by atoms with van der Waals surface area (Å²) in [4.78, 5) is 1.25. The average molecular weight is 346 g/mol. The van der Waals surface area contributed by atoms with Crippen LogP contribution in [0.4, 0.5) is 0 Å². The summed E-state index contributed by atoms with van der Waals surface area (Å²) in [6.07, 6.45) is 0.738. The van der Waals surface area contributed by atoms with E-state index in [2.05, 4.69) is 71.9 Å². The SMILES string of the molecule is Cc1ccccc1[C@H]1Oc2ccccc2[C@H]2CC(c3cccs3)=NN21. The normalized spacial score (nSPS) is 21.3. The lowest BCUT2D eigenvalue weighted by Gasteiger charge is -2.38. The maximum atomic E-state index is 6.40. The zero-order valence-electron chi connectivity index (χ0n) is 13.9. The third-order valence-electron chi connectivity index (χ3n) is 4.96. The zero-order valence-corrected chi connectivity index (χ0v) is 14.7. The highest BCUT2D eigenvalue weighted by Crippen LogP contribution is 2.47. The summed E-state index contributed by atoms with van der Waals surface area (Å²) in [5.74, 6) is 0.972. The Morgan fingerprint density at radius 1 is 1.00 bits per heavy atom. The molecule has 2 aromatic carbocycles. The second-order valence-corrected chi connectivity index (χ2v) is 7.44. The van der Waals surface area contributed by atoms with Crippen LogP contribution in [0.5, 0.6) is 5.75 Å². The van der Waals surface area contributed by atoms with Crippen LogP contribution in [0, 0.1) is 6.92 Å². The molecule has 25 heavy (non-hydrogen) atoms. The Balaban J connectivity index is 1.63. The lowest BCUT2D eigenvalue weighted by atomic mass is 9.97. The van der Waals surface area contributed by atoms with Gasteiger partial charge >= 0.3 is 0 Å². The lowest BCUT2D eigenvalue weighted by Crippen LogP contribution is -2.34. The molecule has 1 aromatic heterocycles. The smallest absolute Gasteiger partial charge is 0.214 e. The van der Waals surface area contributed by atoms with Crippen molar-refractivity contribution in [2.45, 2.75) is 25.6 Å². The first-order chi connectivity index (χ1) is 12.3. The Kier molecular flexibility index (Phi) is 3.38. The Bertz CT molecular complexity index is 948. The van der Waals surface area contributed by atoms with E-state index in [0.29, 0.717) is 0 Å². The standard InChI is InChI=1S/C21H18N2OS/c1-14-7-2-3-8-15(14)21-23-18(16-9-4-5-10-19(16)24-21)13-17(22-23)20-11-6-12-25-20/h2-12,18,21H,13H2,1H3/t18-,21-/m1/s1. The van der Waals surface area contributed by atoms with Crippen LogP contribution in [-0.4, -0.2) is 10.7 Å². The van der Waals surface area contributed by atoms with E-state index in [-0.39, 0.29) is 12.3 Å². The van der Waals surface area contributed by atoms with Crippen molar-refractivity contribution in [2.75, 3.05) is 0 Å². The van der Waals surface area contributed by atoms with Crippen LogP contribution in [0.3, 0.4) is 0 Å². The van der Waals surface area contributed by atoms with Crippen molar-refractivity contribution in [2.24, 2.45) is 5.10 Å². The highest BCUT2D eigenvalue weighted by molar-refractivity contribution is 7.12.